The Bertz CT molecular complexity index is 797. The molecule has 0 radical (unpaired) electrons. The Morgan fingerprint density at radius 3 is 2.58 bits per heavy atom. The molecule has 1 unspecified atom stereocenters. The maximum Gasteiger partial charge on any atom is 0.419 e. The number of benzene rings is 1. The molecule has 1 heterocycles. The maximum absolute atomic E-state index is 13.2. The molecule has 0 aliphatic heterocycles. The third kappa shape index (κ3) is 4.94. The number of anilines is 1. The van der Waals surface area contributed by atoms with Crippen molar-refractivity contribution in [1.29, 1.82) is 0 Å². The lowest BCUT2D eigenvalue weighted by Gasteiger charge is -2.15. The predicted octanol–water partition coefficient (Wildman–Crippen LogP) is 3.81. The molecule has 0 aliphatic rings. The van der Waals surface area contributed by atoms with Crippen LogP contribution in [-0.2, 0) is 29.9 Å². The molecule has 0 aliphatic carbocycles. The predicted molar refractivity (Wildman–Crippen MR) is 93.7 cm³/mol. The Morgan fingerprint density at radius 2 is 2.00 bits per heavy atom. The molecular formula is C17H20F3N3O2S. The van der Waals surface area contributed by atoms with Crippen LogP contribution in [-0.4, -0.2) is 27.0 Å². The third-order valence-electron chi connectivity index (χ3n) is 3.59. The Labute approximate surface area is 152 Å². The Balaban J connectivity index is 2.27. The highest BCUT2D eigenvalue weighted by Crippen LogP contribution is 2.37. The molecule has 5 nitrogen and oxygen atoms in total. The van der Waals surface area contributed by atoms with E-state index in [4.69, 9.17) is 4.74 Å². The van der Waals surface area contributed by atoms with E-state index in [1.54, 1.807) is 19.2 Å². The molecule has 1 aromatic carbocycles. The van der Waals surface area contributed by atoms with Gasteiger partial charge >= 0.3 is 6.18 Å². The van der Waals surface area contributed by atoms with Crippen LogP contribution in [0.2, 0.25) is 0 Å². The molecule has 142 valence electrons. The first-order valence-corrected chi connectivity index (χ1v) is 9.58. The van der Waals surface area contributed by atoms with Crippen molar-refractivity contribution in [3.63, 3.8) is 0 Å². The maximum atomic E-state index is 13.2. The minimum Gasteiger partial charge on any atom is -0.493 e. The Morgan fingerprint density at radius 1 is 1.27 bits per heavy atom. The smallest absolute Gasteiger partial charge is 0.419 e. The van der Waals surface area contributed by atoms with E-state index in [2.05, 4.69) is 15.3 Å². The highest BCUT2D eigenvalue weighted by Gasteiger charge is 2.34. The van der Waals surface area contributed by atoms with Gasteiger partial charge in [-0.2, -0.15) is 13.2 Å². The zero-order chi connectivity index (χ0) is 19.3. The van der Waals surface area contributed by atoms with Crippen molar-refractivity contribution in [2.24, 2.45) is 0 Å². The van der Waals surface area contributed by atoms with E-state index in [9.17, 15) is 17.4 Å². The van der Waals surface area contributed by atoms with Crippen molar-refractivity contribution >= 4 is 16.6 Å². The summed E-state index contributed by atoms with van der Waals surface area (Å²) in [5.41, 5.74) is 0.411. The van der Waals surface area contributed by atoms with E-state index in [1.807, 2.05) is 6.92 Å². The zero-order valence-corrected chi connectivity index (χ0v) is 15.5. The van der Waals surface area contributed by atoms with Crippen LogP contribution >= 0.6 is 0 Å². The molecular weight excluding hydrogens is 367 g/mol. The molecule has 0 bridgehead atoms. The fourth-order valence-corrected chi connectivity index (χ4v) is 2.74. The number of aryl methyl sites for hydroxylation is 1. The molecule has 0 fully saturated rings. The fourth-order valence-electron chi connectivity index (χ4n) is 2.32. The van der Waals surface area contributed by atoms with Gasteiger partial charge in [0.25, 0.3) is 0 Å². The zero-order valence-electron chi connectivity index (χ0n) is 14.7. The summed E-state index contributed by atoms with van der Waals surface area (Å²) < 4.78 is 56.3. The number of hydrogen-bond donors (Lipinski definition) is 1. The van der Waals surface area contributed by atoms with Crippen molar-refractivity contribution in [3.8, 4) is 5.75 Å². The summed E-state index contributed by atoms with van der Waals surface area (Å²) in [6.45, 7) is 3.82. The number of rotatable bonds is 7. The number of aromatic nitrogens is 2. The third-order valence-corrected chi connectivity index (χ3v) is 4.30. The molecule has 0 amide bonds. The fraction of sp³-hybridized carbons (Fsp3) is 0.412. The second-order valence-corrected chi connectivity index (χ2v) is 6.72. The van der Waals surface area contributed by atoms with Gasteiger partial charge in [0.1, 0.15) is 11.6 Å². The van der Waals surface area contributed by atoms with E-state index >= 15 is 0 Å². The molecule has 26 heavy (non-hydrogen) atoms. The van der Waals surface area contributed by atoms with Crippen molar-refractivity contribution in [2.45, 2.75) is 38.1 Å². The largest absolute Gasteiger partial charge is 0.493 e. The molecule has 0 saturated heterocycles. The van der Waals surface area contributed by atoms with E-state index in [1.165, 1.54) is 12.3 Å². The summed E-state index contributed by atoms with van der Waals surface area (Å²) in [5.74, 6) is 0.277. The highest BCUT2D eigenvalue weighted by atomic mass is 32.2. The van der Waals surface area contributed by atoms with Gasteiger partial charge in [0.05, 0.1) is 23.0 Å². The summed E-state index contributed by atoms with van der Waals surface area (Å²) in [4.78, 5) is 8.23. The lowest BCUT2D eigenvalue weighted by Crippen LogP contribution is -2.11. The summed E-state index contributed by atoms with van der Waals surface area (Å²) in [6, 6.07) is 3.94. The topological polar surface area (TPSA) is 64.1 Å². The van der Waals surface area contributed by atoms with E-state index < -0.39 is 22.5 Å². The van der Waals surface area contributed by atoms with Crippen LogP contribution in [0, 0.1) is 0 Å². The molecule has 1 atom stereocenters. The standard InChI is InChI=1S/C17H20F3N3O2S/c1-4-12-10-22-16(26(3)24)23-15(12)21-9-11-6-7-14(25-5-2)13(8-11)17(18,19)20/h6-8,10H,4-5,9H2,1-3H3,(H,21,22,23). The van der Waals surface area contributed by atoms with Crippen molar-refractivity contribution in [1.82, 2.24) is 9.97 Å². The first-order valence-electron chi connectivity index (χ1n) is 8.02. The van der Waals surface area contributed by atoms with Gasteiger partial charge in [-0.3, -0.25) is 4.21 Å². The summed E-state index contributed by atoms with van der Waals surface area (Å²) >= 11 is 0. The van der Waals surface area contributed by atoms with Gasteiger partial charge in [-0.15, -0.1) is 0 Å². The number of nitrogens with zero attached hydrogens (tertiary/aromatic N) is 2. The van der Waals surface area contributed by atoms with Gasteiger partial charge in [-0.25, -0.2) is 9.97 Å². The van der Waals surface area contributed by atoms with Gasteiger partial charge in [0.2, 0.25) is 5.16 Å². The number of halogens is 3. The van der Waals surface area contributed by atoms with Gasteiger partial charge in [0.15, 0.2) is 0 Å². The van der Waals surface area contributed by atoms with Crippen molar-refractivity contribution in [2.75, 3.05) is 18.2 Å². The minimum atomic E-state index is -4.50. The molecule has 0 spiro atoms. The molecule has 1 aromatic heterocycles. The van der Waals surface area contributed by atoms with E-state index in [0.717, 1.165) is 11.6 Å². The van der Waals surface area contributed by atoms with Crippen LogP contribution in [0.5, 0.6) is 5.75 Å². The van der Waals surface area contributed by atoms with Crippen LogP contribution < -0.4 is 10.1 Å². The second kappa shape index (κ2) is 8.48. The van der Waals surface area contributed by atoms with Crippen molar-refractivity contribution < 1.29 is 22.1 Å². The van der Waals surface area contributed by atoms with Crippen LogP contribution in [0.25, 0.3) is 0 Å². The van der Waals surface area contributed by atoms with Gasteiger partial charge in [0, 0.05) is 24.6 Å². The average Bonchev–Trinajstić information content (AvgIpc) is 2.59. The second-order valence-electron chi connectivity index (χ2n) is 5.45. The molecule has 1 N–H and O–H groups in total. The lowest BCUT2D eigenvalue weighted by molar-refractivity contribution is -0.138. The number of ether oxygens (including phenoxy) is 1. The average molecular weight is 387 g/mol. The number of alkyl halides is 3. The summed E-state index contributed by atoms with van der Waals surface area (Å²) in [7, 11) is -1.35. The first kappa shape index (κ1) is 20.2. The van der Waals surface area contributed by atoms with E-state index in [0.29, 0.717) is 17.8 Å². The van der Waals surface area contributed by atoms with Gasteiger partial charge in [-0.05, 0) is 31.0 Å². The normalized spacial score (nSPS) is 12.7. The van der Waals surface area contributed by atoms with Crippen LogP contribution in [0.3, 0.4) is 0 Å². The molecule has 2 aromatic rings. The van der Waals surface area contributed by atoms with Crippen LogP contribution in [0.4, 0.5) is 19.0 Å². The van der Waals surface area contributed by atoms with Crippen LogP contribution in [0.1, 0.15) is 30.5 Å². The summed E-state index contributed by atoms with van der Waals surface area (Å²) in [6.07, 6.45) is -0.829. The monoisotopic (exact) mass is 387 g/mol. The van der Waals surface area contributed by atoms with Gasteiger partial charge in [-0.1, -0.05) is 13.0 Å². The van der Waals surface area contributed by atoms with Crippen LogP contribution in [0.15, 0.2) is 29.6 Å². The molecule has 0 saturated carbocycles. The molecule has 2 rings (SSSR count). The summed E-state index contributed by atoms with van der Waals surface area (Å²) in [5, 5.41) is 3.19. The number of hydrogen-bond acceptors (Lipinski definition) is 5. The number of nitrogens with one attached hydrogen (secondary N) is 1. The lowest BCUT2D eigenvalue weighted by atomic mass is 10.1. The minimum absolute atomic E-state index is 0.134. The highest BCUT2D eigenvalue weighted by molar-refractivity contribution is 7.84. The first-order chi connectivity index (χ1) is 12.3. The van der Waals surface area contributed by atoms with Gasteiger partial charge < -0.3 is 10.1 Å². The quantitative estimate of drug-likeness (QED) is 0.732. The Hall–Kier alpha value is -2.16. The molecule has 9 heteroatoms. The SMILES string of the molecule is CCOc1ccc(CNc2nc(S(C)=O)ncc2CC)cc1C(F)(F)F. The van der Waals surface area contributed by atoms with E-state index in [-0.39, 0.29) is 24.1 Å². The van der Waals surface area contributed by atoms with Crippen molar-refractivity contribution in [3.05, 3.63) is 41.1 Å². The Kier molecular flexibility index (Phi) is 6.57.